The van der Waals surface area contributed by atoms with Crippen molar-refractivity contribution in [2.24, 2.45) is 5.92 Å². The van der Waals surface area contributed by atoms with E-state index in [1.807, 2.05) is 0 Å². The Labute approximate surface area is 245 Å². The highest BCUT2D eigenvalue weighted by Gasteiger charge is 2.38. The van der Waals surface area contributed by atoms with Crippen molar-refractivity contribution in [2.75, 3.05) is 6.54 Å². The molecule has 6 amide bonds. The normalized spacial score (nSPS) is 18.1. The lowest BCUT2D eigenvalue weighted by Crippen LogP contribution is -2.59. The number of carbonyl (C=O) groups excluding carboxylic acids is 7. The van der Waals surface area contributed by atoms with Crippen LogP contribution in [0.25, 0.3) is 0 Å². The summed E-state index contributed by atoms with van der Waals surface area (Å²) in [7, 11) is 0. The van der Waals surface area contributed by atoms with Gasteiger partial charge in [-0.2, -0.15) is 0 Å². The average Bonchev–Trinajstić information content (AvgIpc) is 3.38. The highest BCUT2D eigenvalue weighted by Crippen LogP contribution is 2.19. The number of rotatable bonds is 15. The Bertz CT molecular complexity index is 1060. The van der Waals surface area contributed by atoms with E-state index in [1.54, 1.807) is 20.8 Å². The van der Waals surface area contributed by atoms with Gasteiger partial charge in [-0.3, -0.25) is 38.4 Å². The first-order valence-corrected chi connectivity index (χ1v) is 14.0. The predicted octanol–water partition coefficient (Wildman–Crippen LogP) is -1.41. The van der Waals surface area contributed by atoms with Gasteiger partial charge >= 0.3 is 5.97 Å². The first kappa shape index (κ1) is 36.0. The zero-order valence-electron chi connectivity index (χ0n) is 25.2. The molecule has 15 nitrogen and oxygen atoms in total. The number of nitrogens with one attached hydrogen (secondary N) is 5. The van der Waals surface area contributed by atoms with Gasteiger partial charge in [-0.1, -0.05) is 13.8 Å². The summed E-state index contributed by atoms with van der Waals surface area (Å²) >= 11 is 0. The summed E-state index contributed by atoms with van der Waals surface area (Å²) in [4.78, 5) is 99.6. The van der Waals surface area contributed by atoms with Crippen molar-refractivity contribution in [1.82, 2.24) is 31.5 Å². The van der Waals surface area contributed by atoms with Gasteiger partial charge in [0.15, 0.2) is 5.78 Å². The number of carbonyl (C=O) groups is 8. The van der Waals surface area contributed by atoms with Crippen LogP contribution in [0.4, 0.5) is 0 Å². The summed E-state index contributed by atoms with van der Waals surface area (Å²) in [6, 6.07) is -5.91. The van der Waals surface area contributed by atoms with Crippen LogP contribution in [0.5, 0.6) is 0 Å². The highest BCUT2D eigenvalue weighted by molar-refractivity contribution is 5.97. The first-order valence-electron chi connectivity index (χ1n) is 14.0. The second kappa shape index (κ2) is 16.4. The van der Waals surface area contributed by atoms with Gasteiger partial charge < -0.3 is 36.6 Å². The van der Waals surface area contributed by atoms with E-state index in [-0.39, 0.29) is 18.6 Å². The third-order valence-electron chi connectivity index (χ3n) is 6.88. The number of hydrogen-bond donors (Lipinski definition) is 6. The van der Waals surface area contributed by atoms with Crippen molar-refractivity contribution in [1.29, 1.82) is 0 Å². The molecule has 0 aliphatic carbocycles. The minimum Gasteiger partial charge on any atom is -0.481 e. The van der Waals surface area contributed by atoms with Crippen LogP contribution < -0.4 is 26.6 Å². The Hall–Kier alpha value is -4.04. The van der Waals surface area contributed by atoms with E-state index in [4.69, 9.17) is 5.11 Å². The van der Waals surface area contributed by atoms with Gasteiger partial charge in [0.1, 0.15) is 30.2 Å². The molecule has 0 spiro atoms. The molecule has 0 aromatic rings. The fraction of sp³-hybridized carbons (Fsp3) is 0.704. The molecule has 0 aromatic heterocycles. The molecule has 3 unspecified atom stereocenters. The summed E-state index contributed by atoms with van der Waals surface area (Å²) in [6.07, 6.45) is 0.418. The van der Waals surface area contributed by atoms with Gasteiger partial charge in [-0.25, -0.2) is 0 Å². The lowest BCUT2D eigenvalue weighted by Gasteiger charge is -2.29. The maximum Gasteiger partial charge on any atom is 0.303 e. The van der Waals surface area contributed by atoms with Crippen molar-refractivity contribution in [2.45, 2.75) is 110 Å². The lowest BCUT2D eigenvalue weighted by atomic mass is 10.0. The third kappa shape index (κ3) is 11.1. The van der Waals surface area contributed by atoms with Gasteiger partial charge in [0.2, 0.25) is 35.4 Å². The molecule has 1 fully saturated rings. The van der Waals surface area contributed by atoms with E-state index in [0.717, 1.165) is 0 Å². The number of carboxylic acid groups (broad SMARTS) is 1. The van der Waals surface area contributed by atoms with Crippen LogP contribution in [0.2, 0.25) is 0 Å². The largest absolute Gasteiger partial charge is 0.481 e. The second-order valence-electron chi connectivity index (χ2n) is 10.9. The SMILES string of the molecule is CC(=O)N[C@@H](CCC(=O)O)C(=O)NC(C)C(=O)NC(C(=O)N[C@@H](C)C(=O)N1CCCC1C(=O)N[C@@H](C)C(C)=O)C(C)C. The van der Waals surface area contributed by atoms with Crippen molar-refractivity contribution >= 4 is 47.2 Å². The summed E-state index contributed by atoms with van der Waals surface area (Å²) in [5, 5.41) is 21.4. The van der Waals surface area contributed by atoms with Crippen LogP contribution in [0.1, 0.15) is 74.1 Å². The standard InChI is InChI=1S/C27H44N6O9/c1-13(2)22(32-23(38)15(4)29-24(39)19(31-18(7)35)10-11-21(36)37)26(41)30-16(5)27(42)33-12-8-9-20(33)25(40)28-14(3)17(6)34/h13-16,19-20,22H,8-12H2,1-7H3,(H,28,40)(H,29,39)(H,30,41)(H,31,35)(H,32,38)(H,36,37)/t14-,15?,16-,19-,20?,22?/m0/s1. The van der Waals surface area contributed by atoms with E-state index >= 15 is 0 Å². The molecular weight excluding hydrogens is 552 g/mol. The smallest absolute Gasteiger partial charge is 0.303 e. The molecule has 42 heavy (non-hydrogen) atoms. The number of carboxylic acids is 1. The Morgan fingerprint density at radius 2 is 1.36 bits per heavy atom. The Balaban J connectivity index is 2.84. The van der Waals surface area contributed by atoms with E-state index in [9.17, 15) is 38.4 Å². The molecule has 6 N–H and O–H groups in total. The minimum absolute atomic E-state index is 0.187. The molecule has 1 saturated heterocycles. The molecule has 0 saturated carbocycles. The monoisotopic (exact) mass is 596 g/mol. The zero-order valence-corrected chi connectivity index (χ0v) is 25.2. The molecule has 1 heterocycles. The molecule has 0 bridgehead atoms. The summed E-state index contributed by atoms with van der Waals surface area (Å²) in [6.45, 7) is 10.6. The molecule has 1 rings (SSSR count). The maximum atomic E-state index is 13.2. The van der Waals surface area contributed by atoms with Crippen LogP contribution >= 0.6 is 0 Å². The van der Waals surface area contributed by atoms with Gasteiger partial charge in [0, 0.05) is 19.9 Å². The topological polar surface area (TPSA) is 220 Å². The van der Waals surface area contributed by atoms with Crippen LogP contribution in [0.3, 0.4) is 0 Å². The number of hydrogen-bond acceptors (Lipinski definition) is 8. The summed E-state index contributed by atoms with van der Waals surface area (Å²) in [5.41, 5.74) is 0. The molecule has 0 aromatic carbocycles. The first-order chi connectivity index (χ1) is 19.5. The van der Waals surface area contributed by atoms with Gasteiger partial charge in [-0.15, -0.1) is 0 Å². The number of aliphatic carboxylic acids is 1. The fourth-order valence-electron chi connectivity index (χ4n) is 4.30. The second-order valence-corrected chi connectivity index (χ2v) is 10.9. The van der Waals surface area contributed by atoms with Crippen molar-refractivity contribution in [3.63, 3.8) is 0 Å². The van der Waals surface area contributed by atoms with E-state index in [1.165, 1.54) is 32.6 Å². The van der Waals surface area contributed by atoms with Crippen LogP contribution in [-0.4, -0.2) is 100.0 Å². The number of amides is 6. The Kier molecular flexibility index (Phi) is 14.1. The van der Waals surface area contributed by atoms with E-state index in [0.29, 0.717) is 19.4 Å². The quantitative estimate of drug-likeness (QED) is 0.131. The third-order valence-corrected chi connectivity index (χ3v) is 6.88. The molecule has 0 radical (unpaired) electrons. The van der Waals surface area contributed by atoms with Crippen molar-refractivity contribution in [3.05, 3.63) is 0 Å². The summed E-state index contributed by atoms with van der Waals surface area (Å²) < 4.78 is 0. The Morgan fingerprint density at radius 1 is 0.762 bits per heavy atom. The number of likely N-dealkylation sites (tertiary alicyclic amines) is 1. The number of Topliss-reactive ketones (excluding diaryl/α,β-unsaturated/α-hetero) is 1. The molecule has 15 heteroatoms. The highest BCUT2D eigenvalue weighted by atomic mass is 16.4. The fourth-order valence-corrected chi connectivity index (χ4v) is 4.30. The van der Waals surface area contributed by atoms with E-state index < -0.39 is 83.6 Å². The van der Waals surface area contributed by atoms with Crippen LogP contribution in [0.15, 0.2) is 0 Å². The zero-order chi connectivity index (χ0) is 32.3. The number of ketones is 1. The minimum atomic E-state index is -1.17. The van der Waals surface area contributed by atoms with Crippen molar-refractivity contribution in [3.8, 4) is 0 Å². The average molecular weight is 597 g/mol. The molecular formula is C27H44N6O9. The Morgan fingerprint density at radius 3 is 1.88 bits per heavy atom. The number of nitrogens with zero attached hydrogens (tertiary/aromatic N) is 1. The van der Waals surface area contributed by atoms with Crippen LogP contribution in [-0.2, 0) is 38.4 Å². The maximum absolute atomic E-state index is 13.2. The van der Waals surface area contributed by atoms with Gasteiger partial charge in [0.25, 0.3) is 0 Å². The van der Waals surface area contributed by atoms with E-state index in [2.05, 4.69) is 26.6 Å². The molecule has 6 atom stereocenters. The molecule has 1 aliphatic rings. The molecule has 236 valence electrons. The van der Waals surface area contributed by atoms with Gasteiger partial charge in [0.05, 0.1) is 6.04 Å². The summed E-state index contributed by atoms with van der Waals surface area (Å²) in [5.74, 6) is -5.42. The lowest BCUT2D eigenvalue weighted by molar-refractivity contribution is -0.142. The van der Waals surface area contributed by atoms with Crippen molar-refractivity contribution < 1.29 is 43.5 Å². The molecule has 1 aliphatic heterocycles. The van der Waals surface area contributed by atoms with Crippen LogP contribution in [0, 0.1) is 5.92 Å². The van der Waals surface area contributed by atoms with Gasteiger partial charge in [-0.05, 0) is 52.9 Å². The predicted molar refractivity (Wildman–Crippen MR) is 149 cm³/mol.